The monoisotopic (exact) mass is 449 g/mol. The van der Waals surface area contributed by atoms with E-state index in [0.717, 1.165) is 18.4 Å². The van der Waals surface area contributed by atoms with Crippen LogP contribution in [-0.4, -0.2) is 45.7 Å². The number of benzene rings is 2. The molecule has 0 unspecified atom stereocenters. The first-order chi connectivity index (χ1) is 14.3. The van der Waals surface area contributed by atoms with Crippen LogP contribution < -0.4 is 0 Å². The molecule has 1 amide bonds. The average molecular weight is 450 g/mol. The predicted molar refractivity (Wildman–Crippen MR) is 111 cm³/mol. The molecule has 0 bridgehead atoms. The largest absolute Gasteiger partial charge is 0.479 e. The number of carbonyl (C=O) groups excluding carboxylic acids is 1. The van der Waals surface area contributed by atoms with Crippen molar-refractivity contribution in [2.45, 2.75) is 37.2 Å². The van der Waals surface area contributed by atoms with Gasteiger partial charge in [-0.3, -0.25) is 4.79 Å². The molecule has 6 nitrogen and oxygen atoms in total. The van der Waals surface area contributed by atoms with Crippen LogP contribution >= 0.6 is 23.2 Å². The normalized spacial score (nSPS) is 25.2. The van der Waals surface area contributed by atoms with E-state index in [9.17, 15) is 19.8 Å². The molecule has 0 spiro atoms. The molecule has 2 aliphatic rings. The Kier molecular flexibility index (Phi) is 6.02. The van der Waals surface area contributed by atoms with Crippen LogP contribution in [0.1, 0.15) is 36.1 Å². The molecule has 0 radical (unpaired) electrons. The topological polar surface area (TPSA) is 87.1 Å². The summed E-state index contributed by atoms with van der Waals surface area (Å²) in [5.74, 6) is -1.69. The highest BCUT2D eigenvalue weighted by Gasteiger charge is 2.49. The van der Waals surface area contributed by atoms with E-state index < -0.39 is 36.2 Å². The van der Waals surface area contributed by atoms with Crippen molar-refractivity contribution in [3.63, 3.8) is 0 Å². The van der Waals surface area contributed by atoms with Crippen LogP contribution in [-0.2, 0) is 14.3 Å². The van der Waals surface area contributed by atoms with Crippen molar-refractivity contribution >= 4 is 35.1 Å². The Morgan fingerprint density at radius 2 is 1.80 bits per heavy atom. The van der Waals surface area contributed by atoms with E-state index in [1.807, 2.05) is 18.2 Å². The number of carboxylic acids is 1. The lowest BCUT2D eigenvalue weighted by molar-refractivity contribution is -0.194. The van der Waals surface area contributed by atoms with Crippen LogP contribution in [0.25, 0.3) is 0 Å². The third kappa shape index (κ3) is 4.32. The number of rotatable bonds is 6. The summed E-state index contributed by atoms with van der Waals surface area (Å²) in [5.41, 5.74) is 1.50. The minimum absolute atomic E-state index is 0.351. The number of amides is 1. The Labute approximate surface area is 184 Å². The lowest BCUT2D eigenvalue weighted by Crippen LogP contribution is -2.56. The van der Waals surface area contributed by atoms with Crippen molar-refractivity contribution in [3.8, 4) is 0 Å². The van der Waals surface area contributed by atoms with Gasteiger partial charge in [0, 0.05) is 16.6 Å². The standard InChI is InChI=1S/C22H21Cl2NO5/c23-15-8-6-13(7-9-15)17-19(14-2-1-3-16(24)10-14)30-20(18(26)22(28)29)21(27)25(17)11-12-4-5-12/h1-3,6-10,12,17-20,26H,4-5,11H2,(H,28,29)/t17-,18-,19+,20+/m0/s1. The van der Waals surface area contributed by atoms with Crippen molar-refractivity contribution < 1.29 is 24.5 Å². The van der Waals surface area contributed by atoms with Gasteiger partial charge in [-0.25, -0.2) is 4.79 Å². The van der Waals surface area contributed by atoms with Crippen LogP contribution in [0, 0.1) is 5.92 Å². The van der Waals surface area contributed by atoms with Crippen molar-refractivity contribution in [1.29, 1.82) is 0 Å². The maximum absolute atomic E-state index is 13.3. The number of nitrogens with zero attached hydrogens (tertiary/aromatic N) is 1. The molecule has 2 N–H and O–H groups in total. The smallest absolute Gasteiger partial charge is 0.335 e. The second-order valence-corrected chi connectivity index (χ2v) is 8.62. The van der Waals surface area contributed by atoms with Gasteiger partial charge in [-0.05, 0) is 54.2 Å². The fourth-order valence-electron chi connectivity index (χ4n) is 3.83. The molecule has 1 aliphatic heterocycles. The summed E-state index contributed by atoms with van der Waals surface area (Å²) in [5, 5.41) is 20.6. The van der Waals surface area contributed by atoms with Gasteiger partial charge in [0.05, 0.1) is 6.04 Å². The molecule has 30 heavy (non-hydrogen) atoms. The van der Waals surface area contributed by atoms with Gasteiger partial charge in [-0.1, -0.05) is 47.5 Å². The number of hydrogen-bond donors (Lipinski definition) is 2. The summed E-state index contributed by atoms with van der Waals surface area (Å²) in [7, 11) is 0. The lowest BCUT2D eigenvalue weighted by atomic mass is 9.90. The van der Waals surface area contributed by atoms with Crippen LogP contribution in [0.5, 0.6) is 0 Å². The molecule has 2 aromatic rings. The lowest BCUT2D eigenvalue weighted by Gasteiger charge is -2.45. The summed E-state index contributed by atoms with van der Waals surface area (Å²) in [6.45, 7) is 0.468. The summed E-state index contributed by atoms with van der Waals surface area (Å²) >= 11 is 12.2. The maximum Gasteiger partial charge on any atom is 0.335 e. The molecule has 0 aromatic heterocycles. The quantitative estimate of drug-likeness (QED) is 0.698. The Bertz CT molecular complexity index is 947. The number of aliphatic hydroxyl groups excluding tert-OH is 1. The van der Waals surface area contributed by atoms with Gasteiger partial charge >= 0.3 is 5.97 Å². The van der Waals surface area contributed by atoms with Gasteiger partial charge in [0.1, 0.15) is 6.10 Å². The number of aliphatic hydroxyl groups is 1. The minimum atomic E-state index is -1.97. The number of morpholine rings is 1. The van der Waals surface area contributed by atoms with Crippen LogP contribution in [0.3, 0.4) is 0 Å². The Morgan fingerprint density at radius 1 is 1.10 bits per heavy atom. The van der Waals surface area contributed by atoms with E-state index in [0.29, 0.717) is 28.1 Å². The molecule has 2 aromatic carbocycles. The van der Waals surface area contributed by atoms with Crippen LogP contribution in [0.2, 0.25) is 10.0 Å². The number of carboxylic acid groups (broad SMARTS) is 1. The fourth-order valence-corrected chi connectivity index (χ4v) is 4.16. The van der Waals surface area contributed by atoms with E-state index in [2.05, 4.69) is 0 Å². The van der Waals surface area contributed by atoms with Gasteiger partial charge in [0.25, 0.3) is 5.91 Å². The van der Waals surface area contributed by atoms with Gasteiger partial charge in [0.2, 0.25) is 0 Å². The molecule has 4 atom stereocenters. The van der Waals surface area contributed by atoms with E-state index >= 15 is 0 Å². The average Bonchev–Trinajstić information content (AvgIpc) is 3.54. The Balaban J connectivity index is 1.81. The SMILES string of the molecule is O=C(O)[C@@H](O)[C@H]1O[C@H](c2cccc(Cl)c2)[C@H](c2ccc(Cl)cc2)N(CC2CC2)C1=O. The molecule has 4 rings (SSSR count). The summed E-state index contributed by atoms with van der Waals surface area (Å²) in [6.07, 6.45) is -2.17. The highest BCUT2D eigenvalue weighted by molar-refractivity contribution is 6.30. The van der Waals surface area contributed by atoms with E-state index in [-0.39, 0.29) is 0 Å². The fraction of sp³-hybridized carbons (Fsp3) is 0.364. The van der Waals surface area contributed by atoms with Crippen molar-refractivity contribution in [3.05, 3.63) is 69.7 Å². The van der Waals surface area contributed by atoms with Gasteiger partial charge in [-0.2, -0.15) is 0 Å². The summed E-state index contributed by atoms with van der Waals surface area (Å²) in [4.78, 5) is 26.3. The maximum atomic E-state index is 13.3. The molecule has 8 heteroatoms. The van der Waals surface area contributed by atoms with Crippen molar-refractivity contribution in [2.75, 3.05) is 6.54 Å². The molecular weight excluding hydrogens is 429 g/mol. The number of halogens is 2. The van der Waals surface area contributed by atoms with Crippen molar-refractivity contribution in [1.82, 2.24) is 4.90 Å². The predicted octanol–water partition coefficient (Wildman–Crippen LogP) is 3.86. The molecular formula is C22H21Cl2NO5. The summed E-state index contributed by atoms with van der Waals surface area (Å²) < 4.78 is 5.98. The second-order valence-electron chi connectivity index (χ2n) is 7.75. The zero-order valence-corrected chi connectivity index (χ0v) is 17.5. The molecule has 1 heterocycles. The van der Waals surface area contributed by atoms with Gasteiger partial charge in [-0.15, -0.1) is 0 Å². The van der Waals surface area contributed by atoms with Gasteiger partial charge in [0.15, 0.2) is 12.2 Å². The number of hydrogen-bond acceptors (Lipinski definition) is 4. The molecule has 1 saturated carbocycles. The second kappa shape index (κ2) is 8.55. The van der Waals surface area contributed by atoms with E-state index in [1.54, 1.807) is 35.2 Å². The molecule has 2 fully saturated rings. The third-order valence-electron chi connectivity index (χ3n) is 5.52. The van der Waals surface area contributed by atoms with Crippen molar-refractivity contribution in [2.24, 2.45) is 5.92 Å². The first-order valence-electron chi connectivity index (χ1n) is 9.73. The van der Waals surface area contributed by atoms with E-state index in [4.69, 9.17) is 27.9 Å². The first-order valence-corrected chi connectivity index (χ1v) is 10.5. The number of carbonyl (C=O) groups is 2. The van der Waals surface area contributed by atoms with Crippen LogP contribution in [0.4, 0.5) is 0 Å². The van der Waals surface area contributed by atoms with Crippen LogP contribution in [0.15, 0.2) is 48.5 Å². The summed E-state index contributed by atoms with van der Waals surface area (Å²) in [6, 6.07) is 13.7. The molecule has 1 saturated heterocycles. The Hall–Kier alpha value is -2.12. The first kappa shape index (κ1) is 21.1. The van der Waals surface area contributed by atoms with E-state index in [1.165, 1.54) is 0 Å². The highest BCUT2D eigenvalue weighted by atomic mass is 35.5. The highest BCUT2D eigenvalue weighted by Crippen LogP contribution is 2.45. The Morgan fingerprint density at radius 3 is 2.40 bits per heavy atom. The molecule has 1 aliphatic carbocycles. The minimum Gasteiger partial charge on any atom is -0.479 e. The van der Waals surface area contributed by atoms with Gasteiger partial charge < -0.3 is 19.8 Å². The zero-order valence-electron chi connectivity index (χ0n) is 15.9. The molecule has 158 valence electrons. The zero-order chi connectivity index (χ0) is 21.4. The number of ether oxygens (including phenoxy) is 1. The third-order valence-corrected chi connectivity index (χ3v) is 6.01. The number of aliphatic carboxylic acids is 1.